The second kappa shape index (κ2) is 9.14. The van der Waals surface area contributed by atoms with E-state index < -0.39 is 0 Å². The molecule has 3 aliphatic heterocycles. The fraction of sp³-hybridized carbons (Fsp3) is 0.267. The van der Waals surface area contributed by atoms with Gasteiger partial charge in [0.25, 0.3) is 0 Å². The van der Waals surface area contributed by atoms with Gasteiger partial charge in [0.2, 0.25) is 11.8 Å². The number of benzene rings is 3. The number of hydrogen-bond acceptors (Lipinski definition) is 3. The molecule has 3 aromatic carbocycles. The molecule has 0 aromatic heterocycles. The van der Waals surface area contributed by atoms with E-state index in [0.29, 0.717) is 24.7 Å². The lowest BCUT2D eigenvalue weighted by Gasteiger charge is -2.42. The molecule has 36 heavy (non-hydrogen) atoms. The average molecular weight is 499 g/mol. The Hall–Kier alpha value is -3.57. The van der Waals surface area contributed by atoms with Gasteiger partial charge in [-0.25, -0.2) is 0 Å². The van der Waals surface area contributed by atoms with Crippen molar-refractivity contribution in [3.05, 3.63) is 89.5 Å². The second-order valence-electron chi connectivity index (χ2n) is 9.83. The Morgan fingerprint density at radius 1 is 0.944 bits per heavy atom. The quantitative estimate of drug-likeness (QED) is 0.456. The summed E-state index contributed by atoms with van der Waals surface area (Å²) < 4.78 is 6.51. The number of piperidine rings is 1. The monoisotopic (exact) mass is 498 g/mol. The molecule has 0 radical (unpaired) electrons. The van der Waals surface area contributed by atoms with Crippen molar-refractivity contribution in [3.63, 3.8) is 0 Å². The molecule has 3 heterocycles. The number of likely N-dealkylation sites (tertiary alicyclic amines) is 1. The molecule has 2 saturated heterocycles. The summed E-state index contributed by atoms with van der Waals surface area (Å²) in [7, 11) is 0. The maximum Gasteiger partial charge on any atom is 0.228 e. The molecular weight excluding hydrogens is 472 g/mol. The number of halogens is 1. The Labute approximate surface area is 215 Å². The molecule has 2 amide bonds. The summed E-state index contributed by atoms with van der Waals surface area (Å²) in [5, 5.41) is 0.624. The number of nitrogens with zero attached hydrogens (tertiary/aromatic N) is 2. The largest absolute Gasteiger partial charge is 0.482 e. The van der Waals surface area contributed by atoms with Crippen molar-refractivity contribution in [3.8, 4) is 16.9 Å². The molecule has 1 atom stereocenters. The van der Waals surface area contributed by atoms with E-state index in [1.807, 2.05) is 35.2 Å². The number of hydrogen-bond donors (Lipinski definition) is 0. The van der Waals surface area contributed by atoms with Gasteiger partial charge in [0, 0.05) is 55.2 Å². The van der Waals surface area contributed by atoms with Crippen molar-refractivity contribution in [1.29, 1.82) is 0 Å². The third-order valence-corrected chi connectivity index (χ3v) is 7.78. The SMILES string of the molecule is O=C(C1CC(=O)N(c2ccc(Cl)cc2)C1)N1CCC2(C=Cc3cc(-c4ccccc4)ccc3O2)CC1. The smallest absolute Gasteiger partial charge is 0.228 e. The van der Waals surface area contributed by atoms with Gasteiger partial charge in [-0.2, -0.15) is 0 Å². The maximum atomic E-state index is 13.3. The van der Waals surface area contributed by atoms with Crippen LogP contribution in [-0.2, 0) is 9.59 Å². The van der Waals surface area contributed by atoms with E-state index >= 15 is 0 Å². The number of carbonyl (C=O) groups is 2. The molecule has 0 bridgehead atoms. The minimum atomic E-state index is -0.390. The van der Waals surface area contributed by atoms with Crippen LogP contribution in [-0.4, -0.2) is 41.9 Å². The highest BCUT2D eigenvalue weighted by Crippen LogP contribution is 2.39. The van der Waals surface area contributed by atoms with Gasteiger partial charge in [0.05, 0.1) is 5.92 Å². The van der Waals surface area contributed by atoms with Crippen LogP contribution in [0.15, 0.2) is 78.9 Å². The molecule has 2 fully saturated rings. The first-order valence-corrected chi connectivity index (χ1v) is 12.8. The fourth-order valence-corrected chi connectivity index (χ4v) is 5.58. The number of ether oxygens (including phenoxy) is 1. The van der Waals surface area contributed by atoms with E-state index in [2.05, 4.69) is 42.5 Å². The third-order valence-electron chi connectivity index (χ3n) is 7.53. The van der Waals surface area contributed by atoms with Gasteiger partial charge < -0.3 is 14.5 Å². The van der Waals surface area contributed by atoms with Crippen molar-refractivity contribution in [2.24, 2.45) is 5.92 Å². The maximum absolute atomic E-state index is 13.3. The van der Waals surface area contributed by atoms with Crippen LogP contribution in [0.5, 0.6) is 5.75 Å². The van der Waals surface area contributed by atoms with Crippen LogP contribution in [0.2, 0.25) is 5.02 Å². The highest BCUT2D eigenvalue weighted by atomic mass is 35.5. The van der Waals surface area contributed by atoms with E-state index in [0.717, 1.165) is 35.4 Å². The van der Waals surface area contributed by atoms with Crippen LogP contribution in [0.3, 0.4) is 0 Å². The van der Waals surface area contributed by atoms with Crippen LogP contribution in [0.1, 0.15) is 24.8 Å². The predicted molar refractivity (Wildman–Crippen MR) is 142 cm³/mol. The van der Waals surface area contributed by atoms with Gasteiger partial charge in [-0.15, -0.1) is 0 Å². The zero-order chi connectivity index (χ0) is 24.7. The highest BCUT2D eigenvalue weighted by Gasteiger charge is 2.42. The molecule has 0 aliphatic carbocycles. The van der Waals surface area contributed by atoms with E-state index in [-0.39, 0.29) is 29.8 Å². The van der Waals surface area contributed by atoms with Gasteiger partial charge in [-0.3, -0.25) is 9.59 Å². The van der Waals surface area contributed by atoms with E-state index in [1.54, 1.807) is 17.0 Å². The molecule has 182 valence electrons. The first-order valence-electron chi connectivity index (χ1n) is 12.4. The standard InChI is InChI=1S/C30H27ClN2O3/c31-25-7-9-26(10-8-25)33-20-24(19-28(33)34)29(35)32-16-14-30(15-17-32)13-12-23-18-22(6-11-27(23)36-30)21-4-2-1-3-5-21/h1-13,18,24H,14-17,19-20H2. The van der Waals surface area contributed by atoms with Crippen molar-refractivity contribution in [2.45, 2.75) is 24.9 Å². The lowest BCUT2D eigenvalue weighted by molar-refractivity contribution is -0.138. The molecule has 0 N–H and O–H groups in total. The van der Waals surface area contributed by atoms with Crippen molar-refractivity contribution >= 4 is 35.2 Å². The normalized spacial score (nSPS) is 20.4. The van der Waals surface area contributed by atoms with Crippen LogP contribution in [0, 0.1) is 5.92 Å². The highest BCUT2D eigenvalue weighted by molar-refractivity contribution is 6.30. The minimum Gasteiger partial charge on any atom is -0.482 e. The average Bonchev–Trinajstić information content (AvgIpc) is 3.31. The molecule has 0 saturated carbocycles. The van der Waals surface area contributed by atoms with Crippen LogP contribution in [0.4, 0.5) is 5.69 Å². The zero-order valence-electron chi connectivity index (χ0n) is 19.9. The Balaban J connectivity index is 1.10. The summed E-state index contributed by atoms with van der Waals surface area (Å²) >= 11 is 5.98. The number of amides is 2. The molecule has 3 aliphatic rings. The lowest BCUT2D eigenvalue weighted by Crippen LogP contribution is -2.50. The topological polar surface area (TPSA) is 49.9 Å². The van der Waals surface area contributed by atoms with Crippen LogP contribution >= 0.6 is 11.6 Å². The van der Waals surface area contributed by atoms with Gasteiger partial charge in [-0.1, -0.05) is 54.1 Å². The predicted octanol–water partition coefficient (Wildman–Crippen LogP) is 5.83. The Kier molecular flexibility index (Phi) is 5.81. The Bertz CT molecular complexity index is 1330. The summed E-state index contributed by atoms with van der Waals surface area (Å²) in [6.07, 6.45) is 6.03. The lowest BCUT2D eigenvalue weighted by atomic mass is 9.87. The van der Waals surface area contributed by atoms with Gasteiger partial charge in [0.1, 0.15) is 11.4 Å². The summed E-state index contributed by atoms with van der Waals surface area (Å²) in [4.78, 5) is 29.5. The first kappa shape index (κ1) is 22.9. The van der Waals surface area contributed by atoms with Crippen molar-refractivity contribution < 1.29 is 14.3 Å². The fourth-order valence-electron chi connectivity index (χ4n) is 5.45. The van der Waals surface area contributed by atoms with E-state index in [1.165, 1.54) is 5.56 Å². The van der Waals surface area contributed by atoms with Gasteiger partial charge >= 0.3 is 0 Å². The Morgan fingerprint density at radius 2 is 1.69 bits per heavy atom. The van der Waals surface area contributed by atoms with Crippen molar-refractivity contribution in [1.82, 2.24) is 4.90 Å². The number of carbonyl (C=O) groups excluding carboxylic acids is 2. The summed E-state index contributed by atoms with van der Waals surface area (Å²) in [6.45, 7) is 1.65. The number of anilines is 1. The van der Waals surface area contributed by atoms with Crippen molar-refractivity contribution in [2.75, 3.05) is 24.5 Å². The van der Waals surface area contributed by atoms with Crippen LogP contribution in [0.25, 0.3) is 17.2 Å². The molecule has 6 rings (SSSR count). The molecule has 6 heteroatoms. The summed E-state index contributed by atoms with van der Waals surface area (Å²) in [5.41, 5.74) is 3.82. The third kappa shape index (κ3) is 4.28. The van der Waals surface area contributed by atoms with E-state index in [9.17, 15) is 9.59 Å². The van der Waals surface area contributed by atoms with E-state index in [4.69, 9.17) is 16.3 Å². The Morgan fingerprint density at radius 3 is 2.44 bits per heavy atom. The molecule has 3 aromatic rings. The molecule has 1 spiro atoms. The number of rotatable bonds is 3. The second-order valence-corrected chi connectivity index (χ2v) is 10.3. The first-order chi connectivity index (χ1) is 17.5. The summed E-state index contributed by atoms with van der Waals surface area (Å²) in [5.74, 6) is 0.607. The van der Waals surface area contributed by atoms with Gasteiger partial charge in [-0.05, 0) is 53.6 Å². The molecular formula is C30H27ClN2O3. The molecule has 5 nitrogen and oxygen atoms in total. The van der Waals surface area contributed by atoms with Crippen LogP contribution < -0.4 is 9.64 Å². The minimum absolute atomic E-state index is 0.0193. The number of fused-ring (bicyclic) bond motifs is 1. The summed E-state index contributed by atoms with van der Waals surface area (Å²) in [6, 6.07) is 23.8. The zero-order valence-corrected chi connectivity index (χ0v) is 20.7. The van der Waals surface area contributed by atoms with Gasteiger partial charge in [0.15, 0.2) is 0 Å². The molecule has 1 unspecified atom stereocenters.